The number of nitrogens with zero attached hydrogens (tertiary/aromatic N) is 2. The molecule has 0 aliphatic heterocycles. The quantitative estimate of drug-likeness (QED) is 0.406. The van der Waals surface area contributed by atoms with Crippen LogP contribution in [0.5, 0.6) is 5.75 Å². The lowest BCUT2D eigenvalue weighted by Gasteiger charge is -2.12. The first-order valence-electron chi connectivity index (χ1n) is 6.18. The van der Waals surface area contributed by atoms with Crippen LogP contribution in [0.1, 0.15) is 5.56 Å². The predicted octanol–water partition coefficient (Wildman–Crippen LogP) is 5.18. The predicted molar refractivity (Wildman–Crippen MR) is 88.1 cm³/mol. The van der Waals surface area contributed by atoms with Gasteiger partial charge in [-0.05, 0) is 6.07 Å². The van der Waals surface area contributed by atoms with Gasteiger partial charge in [0, 0.05) is 11.1 Å². The molecular formula is C15H11Cl2FN2OS. The maximum absolute atomic E-state index is 14.1. The van der Waals surface area contributed by atoms with Gasteiger partial charge in [-0.3, -0.25) is 0 Å². The van der Waals surface area contributed by atoms with Crippen LogP contribution in [0.2, 0.25) is 0 Å². The van der Waals surface area contributed by atoms with Crippen LogP contribution < -0.4 is 4.74 Å². The lowest BCUT2D eigenvalue weighted by atomic mass is 10.0. The molecule has 0 radical (unpaired) electrons. The minimum Gasteiger partial charge on any atom is -0.489 e. The molecule has 22 heavy (non-hydrogen) atoms. The number of para-hydroxylation sites is 1. The molecule has 0 saturated heterocycles. The molecule has 0 fully saturated rings. The van der Waals surface area contributed by atoms with Gasteiger partial charge in [-0.15, -0.1) is 0 Å². The van der Waals surface area contributed by atoms with Crippen molar-refractivity contribution in [3.8, 4) is 22.9 Å². The van der Waals surface area contributed by atoms with Crippen molar-refractivity contribution in [1.29, 1.82) is 5.26 Å². The number of alkyl halides is 2. The molecule has 0 saturated carbocycles. The van der Waals surface area contributed by atoms with Gasteiger partial charge in [0.25, 0.3) is 0 Å². The Kier molecular flexibility index (Phi) is 5.78. The van der Waals surface area contributed by atoms with Gasteiger partial charge in [0.1, 0.15) is 23.5 Å². The number of hydrogen-bond acceptors (Lipinski definition) is 3. The second-order valence-electron chi connectivity index (χ2n) is 4.12. The van der Waals surface area contributed by atoms with Gasteiger partial charge in [-0.1, -0.05) is 70.3 Å². The molecule has 7 heteroatoms. The van der Waals surface area contributed by atoms with Crippen molar-refractivity contribution in [3.63, 3.8) is 0 Å². The number of aromatic nitrogens is 1. The highest BCUT2D eigenvalue weighted by Crippen LogP contribution is 2.43. The first-order chi connectivity index (χ1) is 10.6. The molecule has 2 aromatic rings. The van der Waals surface area contributed by atoms with E-state index in [4.69, 9.17) is 27.9 Å². The van der Waals surface area contributed by atoms with Crippen LogP contribution in [0.3, 0.4) is 0 Å². The van der Waals surface area contributed by atoms with Crippen LogP contribution in [0.25, 0.3) is 11.1 Å². The van der Waals surface area contributed by atoms with Crippen molar-refractivity contribution in [2.45, 2.75) is 9.19 Å². The van der Waals surface area contributed by atoms with Crippen LogP contribution in [0.4, 0.5) is 4.48 Å². The van der Waals surface area contributed by atoms with Gasteiger partial charge >= 0.3 is 0 Å². The van der Waals surface area contributed by atoms with Crippen molar-refractivity contribution < 1.29 is 9.22 Å². The Hall–Kier alpha value is -1.61. The standard InChI is InChI=1S/C15H11Cl2FN2OS/c1-2-7-21-12-6-4-3-5-11(12)13-10(8-19)9-20(18)14(13)22-15(16)17/h2-6,9,15H,1,7H2. The van der Waals surface area contributed by atoms with Crippen LogP contribution in [0.15, 0.2) is 48.1 Å². The number of rotatable bonds is 6. The zero-order valence-corrected chi connectivity index (χ0v) is 13.6. The Morgan fingerprint density at radius 3 is 2.82 bits per heavy atom. The molecule has 3 nitrogen and oxygen atoms in total. The monoisotopic (exact) mass is 356 g/mol. The second kappa shape index (κ2) is 7.59. The molecule has 1 heterocycles. The van der Waals surface area contributed by atoms with E-state index in [2.05, 4.69) is 6.58 Å². The molecule has 0 atom stereocenters. The lowest BCUT2D eigenvalue weighted by molar-refractivity contribution is 0.338. The van der Waals surface area contributed by atoms with E-state index in [1.165, 1.54) is 0 Å². The molecule has 1 aromatic carbocycles. The molecular weight excluding hydrogens is 346 g/mol. The van der Waals surface area contributed by atoms with Gasteiger partial charge in [0.15, 0.2) is 4.17 Å². The third kappa shape index (κ3) is 3.58. The highest BCUT2D eigenvalue weighted by molar-refractivity contribution is 8.02. The Bertz CT molecular complexity index is 725. The van der Waals surface area contributed by atoms with E-state index in [1.54, 1.807) is 30.3 Å². The van der Waals surface area contributed by atoms with Crippen molar-refractivity contribution in [2.75, 3.05) is 6.61 Å². The fourth-order valence-electron chi connectivity index (χ4n) is 1.94. The minimum atomic E-state index is -0.865. The molecule has 0 amide bonds. The average Bonchev–Trinajstić information content (AvgIpc) is 2.81. The summed E-state index contributed by atoms with van der Waals surface area (Å²) in [5, 5.41) is 9.41. The SMILES string of the molecule is C=CCOc1ccccc1-c1c(C#N)cn(F)c1SC(Cl)Cl. The van der Waals surface area contributed by atoms with Gasteiger partial charge < -0.3 is 4.74 Å². The van der Waals surface area contributed by atoms with E-state index in [9.17, 15) is 9.74 Å². The number of hydrogen-bond donors (Lipinski definition) is 0. The molecule has 0 bridgehead atoms. The maximum Gasteiger partial charge on any atom is 0.158 e. The normalized spacial score (nSPS) is 10.5. The number of halogens is 3. The Morgan fingerprint density at radius 2 is 2.18 bits per heavy atom. The Morgan fingerprint density at radius 1 is 1.45 bits per heavy atom. The summed E-state index contributed by atoms with van der Waals surface area (Å²) in [6.45, 7) is 3.89. The van der Waals surface area contributed by atoms with Crippen LogP contribution in [0, 0.1) is 11.3 Å². The van der Waals surface area contributed by atoms with E-state index >= 15 is 0 Å². The van der Waals surface area contributed by atoms with E-state index in [0.29, 0.717) is 28.3 Å². The fourth-order valence-corrected chi connectivity index (χ4v) is 3.11. The lowest BCUT2D eigenvalue weighted by Crippen LogP contribution is -1.96. The molecule has 0 aliphatic carbocycles. The van der Waals surface area contributed by atoms with E-state index in [0.717, 1.165) is 18.0 Å². The summed E-state index contributed by atoms with van der Waals surface area (Å²) in [6.07, 6.45) is 2.70. The summed E-state index contributed by atoms with van der Waals surface area (Å²) >= 11 is 12.4. The highest BCUT2D eigenvalue weighted by atomic mass is 35.5. The molecule has 2 rings (SSSR count). The first kappa shape index (κ1) is 16.8. The summed E-state index contributed by atoms with van der Waals surface area (Å²) in [6, 6.07) is 9.03. The summed E-state index contributed by atoms with van der Waals surface area (Å²) in [5.41, 5.74) is 1.17. The zero-order chi connectivity index (χ0) is 16.1. The topological polar surface area (TPSA) is 37.9 Å². The number of thioether (sulfide) groups is 1. The summed E-state index contributed by atoms with van der Waals surface area (Å²) < 4.78 is 18.8. The van der Waals surface area contributed by atoms with Crippen molar-refractivity contribution in [3.05, 3.63) is 48.7 Å². The van der Waals surface area contributed by atoms with E-state index in [1.807, 2.05) is 6.07 Å². The van der Waals surface area contributed by atoms with Crippen molar-refractivity contribution >= 4 is 35.0 Å². The summed E-state index contributed by atoms with van der Waals surface area (Å²) in [5.74, 6) is 0.521. The molecule has 0 spiro atoms. The number of nitriles is 1. The zero-order valence-electron chi connectivity index (χ0n) is 11.3. The average molecular weight is 357 g/mol. The Labute approximate surface area is 141 Å². The molecule has 1 aromatic heterocycles. The summed E-state index contributed by atoms with van der Waals surface area (Å²) in [4.78, 5) is 0.348. The highest BCUT2D eigenvalue weighted by Gasteiger charge is 2.22. The van der Waals surface area contributed by atoms with Crippen LogP contribution in [-0.2, 0) is 0 Å². The Balaban J connectivity index is 2.61. The van der Waals surface area contributed by atoms with Gasteiger partial charge in [-0.2, -0.15) is 10.1 Å². The minimum absolute atomic E-state index is 0.154. The van der Waals surface area contributed by atoms with E-state index < -0.39 is 4.17 Å². The van der Waals surface area contributed by atoms with E-state index in [-0.39, 0.29) is 10.6 Å². The number of benzene rings is 1. The van der Waals surface area contributed by atoms with Crippen molar-refractivity contribution in [2.24, 2.45) is 0 Å². The second-order valence-corrected chi connectivity index (χ2v) is 6.83. The first-order valence-corrected chi connectivity index (χ1v) is 7.93. The van der Waals surface area contributed by atoms with Gasteiger partial charge in [0.2, 0.25) is 0 Å². The van der Waals surface area contributed by atoms with Gasteiger partial charge in [0.05, 0.1) is 11.8 Å². The third-order valence-electron chi connectivity index (χ3n) is 2.75. The summed E-state index contributed by atoms with van der Waals surface area (Å²) in [7, 11) is 0. The number of ether oxygens (including phenoxy) is 1. The fraction of sp³-hybridized carbons (Fsp3) is 0.133. The molecule has 0 N–H and O–H groups in total. The molecule has 0 unspecified atom stereocenters. The molecule has 0 aliphatic rings. The third-order valence-corrected chi connectivity index (χ3v) is 4.07. The van der Waals surface area contributed by atoms with Crippen LogP contribution >= 0.6 is 35.0 Å². The van der Waals surface area contributed by atoms with Crippen molar-refractivity contribution in [1.82, 2.24) is 4.79 Å². The largest absolute Gasteiger partial charge is 0.489 e. The van der Waals surface area contributed by atoms with Crippen LogP contribution in [-0.4, -0.2) is 15.6 Å². The maximum atomic E-state index is 14.1. The van der Waals surface area contributed by atoms with Gasteiger partial charge in [-0.25, -0.2) is 0 Å². The molecule has 114 valence electrons. The smallest absolute Gasteiger partial charge is 0.158 e.